The molecule has 2 rings (SSSR count). The smallest absolute Gasteiger partial charge is 0.125 e. The summed E-state index contributed by atoms with van der Waals surface area (Å²) in [6.45, 7) is 4.21. The van der Waals surface area contributed by atoms with E-state index in [-0.39, 0.29) is 11.7 Å². The van der Waals surface area contributed by atoms with Gasteiger partial charge in [-0.25, -0.2) is 4.39 Å². The molecule has 0 aliphatic carbocycles. The number of aliphatic hydroxyl groups excluding tert-OH is 1. The zero-order chi connectivity index (χ0) is 13.0. The van der Waals surface area contributed by atoms with Gasteiger partial charge in [-0.2, -0.15) is 0 Å². The molecule has 1 N–H and O–H groups in total. The van der Waals surface area contributed by atoms with E-state index in [2.05, 4.69) is 17.0 Å². The van der Waals surface area contributed by atoms with Gasteiger partial charge in [0.25, 0.3) is 0 Å². The molecule has 1 aliphatic heterocycles. The average molecular weight is 249 g/mol. The number of benzene rings is 1. The summed E-state index contributed by atoms with van der Waals surface area (Å²) >= 11 is 0. The quantitative estimate of drug-likeness (QED) is 0.890. The molecule has 18 heavy (non-hydrogen) atoms. The summed E-state index contributed by atoms with van der Waals surface area (Å²) in [5.41, 5.74) is 2.08. The minimum absolute atomic E-state index is 0.189. The first kappa shape index (κ1) is 13.2. The number of halogens is 1. The molecule has 0 amide bonds. The van der Waals surface area contributed by atoms with Crippen molar-refractivity contribution < 1.29 is 9.50 Å². The fourth-order valence-electron chi connectivity index (χ4n) is 2.60. The van der Waals surface area contributed by atoms with E-state index in [9.17, 15) is 4.39 Å². The highest BCUT2D eigenvalue weighted by atomic mass is 19.1. The maximum Gasteiger partial charge on any atom is 0.125 e. The number of hydrogen-bond donors (Lipinski definition) is 1. The molecule has 1 aromatic rings. The van der Waals surface area contributed by atoms with Gasteiger partial charge >= 0.3 is 0 Å². The molecule has 1 unspecified atom stereocenters. The molecule has 0 spiro atoms. The van der Waals surface area contributed by atoms with Gasteiger partial charge in [-0.1, -0.05) is 37.3 Å². The molecular weight excluding hydrogens is 229 g/mol. The monoisotopic (exact) mass is 249 g/mol. The van der Waals surface area contributed by atoms with Crippen molar-refractivity contribution in [3.63, 3.8) is 0 Å². The van der Waals surface area contributed by atoms with Crippen LogP contribution in [0.5, 0.6) is 0 Å². The standard InChI is InChI=1S/C15H20FNO/c1-12-9-17(8-7-14(12)15(16)11-18)10-13-5-3-2-4-6-13/h2-6,12,18H,7-11H2,1H3/b15-14+. The van der Waals surface area contributed by atoms with Crippen LogP contribution in [-0.4, -0.2) is 29.7 Å². The maximum absolute atomic E-state index is 13.4. The van der Waals surface area contributed by atoms with E-state index in [1.165, 1.54) is 5.56 Å². The second-order valence-corrected chi connectivity index (χ2v) is 4.96. The van der Waals surface area contributed by atoms with E-state index in [0.717, 1.165) is 31.6 Å². The second kappa shape index (κ2) is 6.12. The van der Waals surface area contributed by atoms with E-state index in [1.54, 1.807) is 0 Å². The minimum atomic E-state index is -0.460. The van der Waals surface area contributed by atoms with Gasteiger partial charge in [0.2, 0.25) is 0 Å². The number of rotatable bonds is 3. The van der Waals surface area contributed by atoms with Crippen molar-refractivity contribution in [2.24, 2.45) is 5.92 Å². The largest absolute Gasteiger partial charge is 0.389 e. The Morgan fingerprint density at radius 2 is 2.11 bits per heavy atom. The van der Waals surface area contributed by atoms with Gasteiger partial charge in [-0.05, 0) is 23.5 Å². The van der Waals surface area contributed by atoms with Crippen LogP contribution in [0, 0.1) is 5.92 Å². The molecule has 1 fully saturated rings. The maximum atomic E-state index is 13.4. The molecule has 0 radical (unpaired) electrons. The molecular formula is C15H20FNO. The number of piperidine rings is 1. The first-order chi connectivity index (χ1) is 8.70. The van der Waals surface area contributed by atoms with E-state index in [4.69, 9.17) is 5.11 Å². The van der Waals surface area contributed by atoms with Gasteiger partial charge in [0, 0.05) is 19.6 Å². The highest BCUT2D eigenvalue weighted by Crippen LogP contribution is 2.26. The van der Waals surface area contributed by atoms with Gasteiger partial charge in [-0.3, -0.25) is 4.90 Å². The van der Waals surface area contributed by atoms with E-state index >= 15 is 0 Å². The SMILES string of the molecule is CC1CN(Cc2ccccc2)CC/C1=C(\F)CO. The molecule has 1 atom stereocenters. The Labute approximate surface area is 108 Å². The van der Waals surface area contributed by atoms with Crippen molar-refractivity contribution in [2.75, 3.05) is 19.7 Å². The van der Waals surface area contributed by atoms with Crippen molar-refractivity contribution in [1.82, 2.24) is 4.90 Å². The van der Waals surface area contributed by atoms with Crippen molar-refractivity contribution in [3.8, 4) is 0 Å². The van der Waals surface area contributed by atoms with Crippen LogP contribution in [-0.2, 0) is 6.54 Å². The predicted octanol–water partition coefficient (Wildman–Crippen LogP) is 2.74. The lowest BCUT2D eigenvalue weighted by molar-refractivity contribution is 0.204. The third kappa shape index (κ3) is 3.18. The molecule has 2 nitrogen and oxygen atoms in total. The van der Waals surface area contributed by atoms with Crippen LogP contribution >= 0.6 is 0 Å². The third-order valence-electron chi connectivity index (χ3n) is 3.56. The van der Waals surface area contributed by atoms with Crippen LogP contribution in [0.1, 0.15) is 18.9 Å². The topological polar surface area (TPSA) is 23.5 Å². The predicted molar refractivity (Wildman–Crippen MR) is 70.7 cm³/mol. The Balaban J connectivity index is 1.97. The van der Waals surface area contributed by atoms with Crippen LogP contribution in [0.4, 0.5) is 4.39 Å². The summed E-state index contributed by atoms with van der Waals surface area (Å²) in [6.07, 6.45) is 0.723. The van der Waals surface area contributed by atoms with Crippen molar-refractivity contribution >= 4 is 0 Å². The summed E-state index contributed by atoms with van der Waals surface area (Å²) in [6, 6.07) is 10.3. The van der Waals surface area contributed by atoms with E-state index in [0.29, 0.717) is 0 Å². The lowest BCUT2D eigenvalue weighted by Crippen LogP contribution is -2.35. The Bertz CT molecular complexity index is 416. The molecule has 1 saturated heterocycles. The van der Waals surface area contributed by atoms with Crippen LogP contribution < -0.4 is 0 Å². The molecule has 0 aromatic heterocycles. The Hall–Kier alpha value is -1.19. The highest BCUT2D eigenvalue weighted by Gasteiger charge is 2.23. The van der Waals surface area contributed by atoms with Crippen LogP contribution in [0.15, 0.2) is 41.7 Å². The number of nitrogens with zero attached hydrogens (tertiary/aromatic N) is 1. The average Bonchev–Trinajstić information content (AvgIpc) is 2.39. The van der Waals surface area contributed by atoms with E-state index in [1.807, 2.05) is 25.1 Å². The van der Waals surface area contributed by atoms with Crippen molar-refractivity contribution in [2.45, 2.75) is 19.9 Å². The number of aliphatic hydroxyl groups is 1. The van der Waals surface area contributed by atoms with Gasteiger partial charge < -0.3 is 5.11 Å². The molecule has 0 saturated carbocycles. The Morgan fingerprint density at radius 3 is 2.72 bits per heavy atom. The second-order valence-electron chi connectivity index (χ2n) is 4.96. The fourth-order valence-corrected chi connectivity index (χ4v) is 2.60. The van der Waals surface area contributed by atoms with Crippen LogP contribution in [0.25, 0.3) is 0 Å². The fraction of sp³-hybridized carbons (Fsp3) is 0.467. The molecule has 1 aromatic carbocycles. The molecule has 1 aliphatic rings. The molecule has 0 bridgehead atoms. The number of hydrogen-bond acceptors (Lipinski definition) is 2. The van der Waals surface area contributed by atoms with Crippen molar-refractivity contribution in [3.05, 3.63) is 47.3 Å². The van der Waals surface area contributed by atoms with Crippen molar-refractivity contribution in [1.29, 1.82) is 0 Å². The lowest BCUT2D eigenvalue weighted by atomic mass is 9.92. The first-order valence-corrected chi connectivity index (χ1v) is 6.45. The third-order valence-corrected chi connectivity index (χ3v) is 3.56. The zero-order valence-electron chi connectivity index (χ0n) is 10.8. The molecule has 3 heteroatoms. The van der Waals surface area contributed by atoms with Crippen LogP contribution in [0.3, 0.4) is 0 Å². The lowest BCUT2D eigenvalue weighted by Gasteiger charge is -2.33. The Kier molecular flexibility index (Phi) is 4.50. The molecule has 98 valence electrons. The van der Waals surface area contributed by atoms with Gasteiger partial charge in [-0.15, -0.1) is 0 Å². The zero-order valence-corrected chi connectivity index (χ0v) is 10.8. The normalized spacial score (nSPS) is 24.1. The number of likely N-dealkylation sites (tertiary alicyclic amines) is 1. The van der Waals surface area contributed by atoms with Crippen LogP contribution in [0.2, 0.25) is 0 Å². The first-order valence-electron chi connectivity index (χ1n) is 6.45. The summed E-state index contributed by atoms with van der Waals surface area (Å²) in [5.74, 6) is -0.142. The summed E-state index contributed by atoms with van der Waals surface area (Å²) in [4.78, 5) is 2.34. The summed E-state index contributed by atoms with van der Waals surface area (Å²) in [7, 11) is 0. The summed E-state index contributed by atoms with van der Waals surface area (Å²) in [5, 5.41) is 8.86. The van der Waals surface area contributed by atoms with Gasteiger partial charge in [0.05, 0.1) is 6.61 Å². The Morgan fingerprint density at radius 1 is 1.39 bits per heavy atom. The van der Waals surface area contributed by atoms with Gasteiger partial charge in [0.1, 0.15) is 5.83 Å². The molecule has 1 heterocycles. The minimum Gasteiger partial charge on any atom is -0.389 e. The van der Waals surface area contributed by atoms with E-state index < -0.39 is 6.61 Å². The summed E-state index contributed by atoms with van der Waals surface area (Å²) < 4.78 is 13.4. The highest BCUT2D eigenvalue weighted by molar-refractivity contribution is 5.17. The van der Waals surface area contributed by atoms with Gasteiger partial charge in [0.15, 0.2) is 0 Å².